The SMILES string of the molecule is C1=Cc2cc(-c3cccc(-c4c5ccccc5c(-c5ccc6cc(-c7ccc8oc9ccccc9c8c7)ccc6c5)c5ccccc45)c3)ccc2CC1. The Labute approximate surface area is 308 Å². The van der Waals surface area contributed by atoms with Crippen molar-refractivity contribution < 1.29 is 4.42 Å². The molecule has 11 rings (SSSR count). The highest BCUT2D eigenvalue weighted by molar-refractivity contribution is 6.22. The van der Waals surface area contributed by atoms with E-state index in [2.05, 4.69) is 170 Å². The van der Waals surface area contributed by atoms with Gasteiger partial charge in [0.05, 0.1) is 0 Å². The van der Waals surface area contributed by atoms with Crippen molar-refractivity contribution in [2.24, 2.45) is 0 Å². The molecule has 0 aliphatic heterocycles. The van der Waals surface area contributed by atoms with Gasteiger partial charge in [0.1, 0.15) is 11.2 Å². The molecule has 0 saturated heterocycles. The van der Waals surface area contributed by atoms with Crippen LogP contribution in [0.2, 0.25) is 0 Å². The van der Waals surface area contributed by atoms with Crippen LogP contribution < -0.4 is 0 Å². The highest BCUT2D eigenvalue weighted by Crippen LogP contribution is 2.45. The Morgan fingerprint density at radius 3 is 1.64 bits per heavy atom. The van der Waals surface area contributed by atoms with Gasteiger partial charge in [0.25, 0.3) is 0 Å². The molecule has 9 aromatic carbocycles. The molecule has 0 atom stereocenters. The van der Waals surface area contributed by atoms with Crippen molar-refractivity contribution in [1.29, 1.82) is 0 Å². The number of furan rings is 1. The van der Waals surface area contributed by atoms with Crippen LogP contribution in [0.25, 0.3) is 105 Å². The van der Waals surface area contributed by atoms with Gasteiger partial charge in [-0.15, -0.1) is 0 Å². The molecule has 0 saturated carbocycles. The van der Waals surface area contributed by atoms with Crippen molar-refractivity contribution in [3.8, 4) is 44.5 Å². The van der Waals surface area contributed by atoms with E-state index in [9.17, 15) is 0 Å². The summed E-state index contributed by atoms with van der Waals surface area (Å²) in [5, 5.41) is 9.82. The Balaban J connectivity index is 1.04. The van der Waals surface area contributed by atoms with Gasteiger partial charge in [0.2, 0.25) is 0 Å². The van der Waals surface area contributed by atoms with Gasteiger partial charge in [-0.2, -0.15) is 0 Å². The van der Waals surface area contributed by atoms with E-state index < -0.39 is 0 Å². The van der Waals surface area contributed by atoms with Crippen LogP contribution in [-0.2, 0) is 6.42 Å². The number of hydrogen-bond acceptors (Lipinski definition) is 1. The summed E-state index contributed by atoms with van der Waals surface area (Å²) in [7, 11) is 0. The van der Waals surface area contributed by atoms with Gasteiger partial charge in [-0.3, -0.25) is 0 Å². The molecular formula is C52H34O. The third kappa shape index (κ3) is 4.93. The first-order valence-corrected chi connectivity index (χ1v) is 18.5. The molecule has 53 heavy (non-hydrogen) atoms. The van der Waals surface area contributed by atoms with Crippen LogP contribution in [0.15, 0.2) is 180 Å². The quantitative estimate of drug-likeness (QED) is 0.169. The predicted octanol–water partition coefficient (Wildman–Crippen LogP) is 14.7. The van der Waals surface area contributed by atoms with Crippen LogP contribution in [0.3, 0.4) is 0 Å². The van der Waals surface area contributed by atoms with Crippen molar-refractivity contribution in [1.82, 2.24) is 0 Å². The van der Waals surface area contributed by atoms with Crippen molar-refractivity contribution in [2.45, 2.75) is 12.8 Å². The largest absolute Gasteiger partial charge is 0.456 e. The molecule has 0 bridgehead atoms. The van der Waals surface area contributed by atoms with Crippen molar-refractivity contribution in [2.75, 3.05) is 0 Å². The van der Waals surface area contributed by atoms with Gasteiger partial charge >= 0.3 is 0 Å². The number of para-hydroxylation sites is 1. The Bertz CT molecular complexity index is 3060. The molecule has 0 unspecified atom stereocenters. The molecule has 1 aromatic heterocycles. The average molecular weight is 675 g/mol. The fourth-order valence-corrected chi connectivity index (χ4v) is 8.70. The second-order valence-electron chi connectivity index (χ2n) is 14.4. The third-order valence-electron chi connectivity index (χ3n) is 11.3. The van der Waals surface area contributed by atoms with Crippen molar-refractivity contribution >= 4 is 60.3 Å². The van der Waals surface area contributed by atoms with E-state index in [1.807, 2.05) is 12.1 Å². The molecule has 0 amide bonds. The Hall–Kier alpha value is -6.70. The van der Waals surface area contributed by atoms with Gasteiger partial charge in [0, 0.05) is 10.8 Å². The summed E-state index contributed by atoms with van der Waals surface area (Å²) in [6, 6.07) is 62.5. The molecule has 1 aliphatic rings. The summed E-state index contributed by atoms with van der Waals surface area (Å²) in [6.45, 7) is 0. The number of allylic oxidation sites excluding steroid dienone is 1. The molecule has 1 nitrogen and oxygen atoms in total. The number of fused-ring (bicyclic) bond motifs is 7. The predicted molar refractivity (Wildman–Crippen MR) is 225 cm³/mol. The first-order chi connectivity index (χ1) is 26.2. The second-order valence-corrected chi connectivity index (χ2v) is 14.4. The maximum Gasteiger partial charge on any atom is 0.135 e. The first kappa shape index (κ1) is 30.0. The third-order valence-corrected chi connectivity index (χ3v) is 11.3. The van der Waals surface area contributed by atoms with Gasteiger partial charge in [0.15, 0.2) is 0 Å². The molecule has 0 radical (unpaired) electrons. The van der Waals surface area contributed by atoms with E-state index in [-0.39, 0.29) is 0 Å². The molecule has 1 aliphatic carbocycles. The molecule has 1 heterocycles. The van der Waals surface area contributed by atoms with E-state index in [0.29, 0.717) is 0 Å². The molecule has 0 spiro atoms. The Kier molecular flexibility index (Phi) is 6.75. The normalized spacial score (nSPS) is 12.7. The van der Waals surface area contributed by atoms with E-state index in [1.165, 1.54) is 88.0 Å². The smallest absolute Gasteiger partial charge is 0.135 e. The van der Waals surface area contributed by atoms with E-state index in [4.69, 9.17) is 4.42 Å². The minimum atomic E-state index is 0.922. The fourth-order valence-electron chi connectivity index (χ4n) is 8.70. The Morgan fingerprint density at radius 1 is 0.358 bits per heavy atom. The summed E-state index contributed by atoms with van der Waals surface area (Å²) >= 11 is 0. The lowest BCUT2D eigenvalue weighted by molar-refractivity contribution is 0.669. The number of rotatable bonds is 4. The minimum Gasteiger partial charge on any atom is -0.456 e. The van der Waals surface area contributed by atoms with E-state index >= 15 is 0 Å². The van der Waals surface area contributed by atoms with Crippen LogP contribution in [0.5, 0.6) is 0 Å². The summed E-state index contributed by atoms with van der Waals surface area (Å²) in [4.78, 5) is 0. The number of hydrogen-bond donors (Lipinski definition) is 0. The topological polar surface area (TPSA) is 13.1 Å². The van der Waals surface area contributed by atoms with Gasteiger partial charge < -0.3 is 4.42 Å². The monoisotopic (exact) mass is 674 g/mol. The molecule has 248 valence electrons. The van der Waals surface area contributed by atoms with E-state index in [1.54, 1.807) is 0 Å². The second kappa shape index (κ2) is 11.9. The summed E-state index contributed by atoms with van der Waals surface area (Å²) in [5.41, 5.74) is 14.6. The lowest BCUT2D eigenvalue weighted by Crippen LogP contribution is -1.94. The zero-order valence-electron chi connectivity index (χ0n) is 29.1. The van der Waals surface area contributed by atoms with Crippen LogP contribution >= 0.6 is 0 Å². The van der Waals surface area contributed by atoms with Crippen LogP contribution in [-0.4, -0.2) is 0 Å². The molecule has 0 fully saturated rings. The first-order valence-electron chi connectivity index (χ1n) is 18.5. The average Bonchev–Trinajstić information content (AvgIpc) is 3.60. The van der Waals surface area contributed by atoms with Gasteiger partial charge in [-0.05, 0) is 143 Å². The Morgan fingerprint density at radius 2 is 0.887 bits per heavy atom. The number of aryl methyl sites for hydroxylation is 1. The lowest BCUT2D eigenvalue weighted by atomic mass is 9.85. The maximum atomic E-state index is 6.10. The highest BCUT2D eigenvalue weighted by Gasteiger charge is 2.18. The van der Waals surface area contributed by atoms with Crippen LogP contribution in [0.1, 0.15) is 17.5 Å². The minimum absolute atomic E-state index is 0.922. The zero-order chi connectivity index (χ0) is 34.9. The van der Waals surface area contributed by atoms with Gasteiger partial charge in [-0.25, -0.2) is 0 Å². The molecular weight excluding hydrogens is 641 g/mol. The number of benzene rings is 9. The zero-order valence-corrected chi connectivity index (χ0v) is 29.1. The summed E-state index contributed by atoms with van der Waals surface area (Å²) in [5.74, 6) is 0. The fraction of sp³-hybridized carbons (Fsp3) is 0.0385. The summed E-state index contributed by atoms with van der Waals surface area (Å²) in [6.07, 6.45) is 6.82. The molecule has 1 heteroatoms. The highest BCUT2D eigenvalue weighted by atomic mass is 16.3. The summed E-state index contributed by atoms with van der Waals surface area (Å²) < 4.78 is 6.10. The molecule has 0 N–H and O–H groups in total. The van der Waals surface area contributed by atoms with Crippen molar-refractivity contribution in [3.05, 3.63) is 187 Å². The van der Waals surface area contributed by atoms with E-state index in [0.717, 1.165) is 34.8 Å². The maximum absolute atomic E-state index is 6.10. The lowest BCUT2D eigenvalue weighted by Gasteiger charge is -2.19. The molecule has 10 aromatic rings. The van der Waals surface area contributed by atoms with Crippen LogP contribution in [0.4, 0.5) is 0 Å². The van der Waals surface area contributed by atoms with Gasteiger partial charge in [-0.1, -0.05) is 140 Å². The van der Waals surface area contributed by atoms with Crippen LogP contribution in [0, 0.1) is 0 Å². The van der Waals surface area contributed by atoms with Crippen molar-refractivity contribution in [3.63, 3.8) is 0 Å². The standard InChI is InChI=1S/C52H34O/c1-2-11-34-28-36(21-20-33(34)10-1)35-12-9-13-41(30-35)51-44-15-3-5-17-46(44)52(47-18-6-4-16-45(47)51)42-25-24-37-29-38(22-23-39(37)31-42)40-26-27-50-48(32-40)43-14-7-8-19-49(43)53-50/h2-9,11-32H,1,10H2.